The molecule has 0 spiro atoms. The summed E-state index contributed by atoms with van der Waals surface area (Å²) in [5.74, 6) is -0.0696. The highest BCUT2D eigenvalue weighted by molar-refractivity contribution is 7.09. The van der Waals surface area contributed by atoms with E-state index >= 15 is 0 Å². The van der Waals surface area contributed by atoms with Gasteiger partial charge in [-0.1, -0.05) is 0 Å². The molecule has 1 saturated carbocycles. The second-order valence-electron chi connectivity index (χ2n) is 7.61. The van der Waals surface area contributed by atoms with Gasteiger partial charge in [-0.05, 0) is 52.9 Å². The molecule has 2 aliphatic rings. The number of hydrogen-bond donors (Lipinski definition) is 2. The van der Waals surface area contributed by atoms with Gasteiger partial charge in [-0.15, -0.1) is 11.3 Å². The van der Waals surface area contributed by atoms with E-state index in [4.69, 9.17) is 0 Å². The molecule has 1 aromatic rings. The van der Waals surface area contributed by atoms with Crippen LogP contribution in [0.2, 0.25) is 0 Å². The maximum absolute atomic E-state index is 12.9. The molecule has 1 aromatic heterocycles. The molecule has 138 valence electrons. The molecule has 2 N–H and O–H groups in total. The van der Waals surface area contributed by atoms with Crippen molar-refractivity contribution in [1.82, 2.24) is 20.5 Å². The molecular formula is C18H28N4O2S. The van der Waals surface area contributed by atoms with Crippen LogP contribution >= 0.6 is 11.3 Å². The number of carbonyl (C=O) groups is 2. The summed E-state index contributed by atoms with van der Waals surface area (Å²) in [6.45, 7) is 7.10. The van der Waals surface area contributed by atoms with Crippen LogP contribution in [0.15, 0.2) is 5.38 Å². The molecule has 2 fully saturated rings. The quantitative estimate of drug-likeness (QED) is 0.863. The largest absolute Gasteiger partial charge is 0.344 e. The highest BCUT2D eigenvalue weighted by Gasteiger charge is 2.44. The summed E-state index contributed by atoms with van der Waals surface area (Å²) < 4.78 is 0. The Hall–Kier alpha value is -1.63. The number of nitrogens with one attached hydrogen (secondary N) is 2. The Bertz CT molecular complexity index is 639. The van der Waals surface area contributed by atoms with Crippen molar-refractivity contribution in [3.63, 3.8) is 0 Å². The fourth-order valence-electron chi connectivity index (χ4n) is 3.55. The van der Waals surface area contributed by atoms with Gasteiger partial charge in [0.15, 0.2) is 0 Å². The first-order valence-electron chi connectivity index (χ1n) is 9.20. The molecule has 7 heteroatoms. The van der Waals surface area contributed by atoms with Crippen LogP contribution in [0.5, 0.6) is 0 Å². The lowest BCUT2D eigenvalue weighted by Gasteiger charge is -2.42. The van der Waals surface area contributed by atoms with Crippen LogP contribution < -0.4 is 10.6 Å². The SMILES string of the molecule is Cc1csc(C2(NC(=O)C3CCCN(C(=O)NC(C)C)C3)CCC2)n1. The maximum Gasteiger partial charge on any atom is 0.317 e. The Labute approximate surface area is 153 Å². The molecule has 0 bridgehead atoms. The summed E-state index contributed by atoms with van der Waals surface area (Å²) in [4.78, 5) is 31.5. The number of carbonyl (C=O) groups excluding carboxylic acids is 2. The second kappa shape index (κ2) is 7.32. The van der Waals surface area contributed by atoms with E-state index < -0.39 is 0 Å². The van der Waals surface area contributed by atoms with Crippen LogP contribution in [0, 0.1) is 12.8 Å². The molecule has 1 aliphatic carbocycles. The zero-order chi connectivity index (χ0) is 18.0. The van der Waals surface area contributed by atoms with E-state index in [1.54, 1.807) is 16.2 Å². The normalized spacial score (nSPS) is 22.4. The van der Waals surface area contributed by atoms with Crippen molar-refractivity contribution >= 4 is 23.3 Å². The Balaban J connectivity index is 1.63. The number of amides is 3. The third-order valence-electron chi connectivity index (χ3n) is 5.09. The Morgan fingerprint density at radius 3 is 2.68 bits per heavy atom. The third-order valence-corrected chi connectivity index (χ3v) is 6.25. The van der Waals surface area contributed by atoms with Crippen molar-refractivity contribution in [2.24, 2.45) is 5.92 Å². The Morgan fingerprint density at radius 1 is 1.36 bits per heavy atom. The van der Waals surface area contributed by atoms with Crippen molar-refractivity contribution in [1.29, 1.82) is 0 Å². The molecule has 3 amide bonds. The van der Waals surface area contributed by atoms with Crippen LogP contribution in [-0.2, 0) is 10.3 Å². The molecule has 1 saturated heterocycles. The molecule has 25 heavy (non-hydrogen) atoms. The first kappa shape index (κ1) is 18.2. The van der Waals surface area contributed by atoms with Gasteiger partial charge in [0.25, 0.3) is 0 Å². The average molecular weight is 365 g/mol. The second-order valence-corrected chi connectivity index (χ2v) is 8.47. The van der Waals surface area contributed by atoms with Crippen LogP contribution in [0.4, 0.5) is 4.79 Å². The standard InChI is InChI=1S/C18H28N4O2S/c1-12(2)19-17(24)22-9-4-6-14(10-22)15(23)21-18(7-5-8-18)16-20-13(3)11-25-16/h11-12,14H,4-10H2,1-3H3,(H,19,24)(H,21,23). The molecule has 3 rings (SSSR count). The van der Waals surface area contributed by atoms with Gasteiger partial charge in [-0.2, -0.15) is 0 Å². The first-order valence-corrected chi connectivity index (χ1v) is 10.1. The fraction of sp³-hybridized carbons (Fsp3) is 0.722. The monoisotopic (exact) mass is 364 g/mol. The van der Waals surface area contributed by atoms with Gasteiger partial charge in [-0.25, -0.2) is 9.78 Å². The zero-order valence-electron chi connectivity index (χ0n) is 15.3. The molecule has 0 aromatic carbocycles. The van der Waals surface area contributed by atoms with Crippen LogP contribution in [-0.4, -0.2) is 41.0 Å². The Kier molecular flexibility index (Phi) is 5.32. The molecule has 1 atom stereocenters. The number of piperidine rings is 1. The highest BCUT2D eigenvalue weighted by atomic mass is 32.1. The summed E-state index contributed by atoms with van der Waals surface area (Å²) in [6, 6.07) is 0.0366. The zero-order valence-corrected chi connectivity index (χ0v) is 16.1. The number of aryl methyl sites for hydroxylation is 1. The third kappa shape index (κ3) is 3.97. The number of thiazole rings is 1. The van der Waals surface area contributed by atoms with Gasteiger partial charge in [0.1, 0.15) is 5.01 Å². The van der Waals surface area contributed by atoms with Gasteiger partial charge in [-0.3, -0.25) is 4.79 Å². The minimum absolute atomic E-state index is 0.0644. The van der Waals surface area contributed by atoms with E-state index in [0.717, 1.165) is 49.4 Å². The predicted octanol–water partition coefficient (Wildman–Crippen LogP) is 2.78. The molecule has 2 heterocycles. The number of rotatable bonds is 4. The van der Waals surface area contributed by atoms with Crippen molar-refractivity contribution in [3.8, 4) is 0 Å². The Morgan fingerprint density at radius 2 is 2.12 bits per heavy atom. The molecule has 6 nitrogen and oxygen atoms in total. The van der Waals surface area contributed by atoms with E-state index in [1.807, 2.05) is 26.2 Å². The number of aromatic nitrogens is 1. The molecule has 0 radical (unpaired) electrons. The molecular weight excluding hydrogens is 336 g/mol. The van der Waals surface area contributed by atoms with E-state index in [1.165, 1.54) is 0 Å². The lowest BCUT2D eigenvalue weighted by Crippen LogP contribution is -2.55. The summed E-state index contributed by atoms with van der Waals surface area (Å²) in [5.41, 5.74) is 0.730. The lowest BCUT2D eigenvalue weighted by molar-refractivity contribution is -0.129. The van der Waals surface area contributed by atoms with Crippen molar-refractivity contribution in [3.05, 3.63) is 16.1 Å². The van der Waals surface area contributed by atoms with E-state index in [2.05, 4.69) is 15.6 Å². The number of nitrogens with zero attached hydrogens (tertiary/aromatic N) is 2. The van der Waals surface area contributed by atoms with Crippen LogP contribution in [0.1, 0.15) is 56.7 Å². The first-order chi connectivity index (χ1) is 11.9. The topological polar surface area (TPSA) is 74.3 Å². The highest BCUT2D eigenvalue weighted by Crippen LogP contribution is 2.42. The predicted molar refractivity (Wildman–Crippen MR) is 98.5 cm³/mol. The van der Waals surface area contributed by atoms with Gasteiger partial charge < -0.3 is 15.5 Å². The lowest BCUT2D eigenvalue weighted by atomic mass is 9.76. The maximum atomic E-state index is 12.9. The minimum atomic E-state index is -0.279. The van der Waals surface area contributed by atoms with E-state index in [9.17, 15) is 9.59 Å². The number of likely N-dealkylation sites (tertiary alicyclic amines) is 1. The van der Waals surface area contributed by atoms with Gasteiger partial charge in [0.2, 0.25) is 5.91 Å². The van der Waals surface area contributed by atoms with Gasteiger partial charge >= 0.3 is 6.03 Å². The van der Waals surface area contributed by atoms with Crippen molar-refractivity contribution in [2.45, 2.75) is 64.5 Å². The number of urea groups is 1. The van der Waals surface area contributed by atoms with Crippen LogP contribution in [0.3, 0.4) is 0 Å². The van der Waals surface area contributed by atoms with Crippen molar-refractivity contribution < 1.29 is 9.59 Å². The minimum Gasteiger partial charge on any atom is -0.344 e. The summed E-state index contributed by atoms with van der Waals surface area (Å²) in [7, 11) is 0. The molecule has 1 aliphatic heterocycles. The van der Waals surface area contributed by atoms with Gasteiger partial charge in [0.05, 0.1) is 11.5 Å². The molecule has 1 unspecified atom stereocenters. The van der Waals surface area contributed by atoms with Crippen LogP contribution in [0.25, 0.3) is 0 Å². The summed E-state index contributed by atoms with van der Waals surface area (Å²) >= 11 is 1.63. The average Bonchev–Trinajstić information content (AvgIpc) is 2.96. The van der Waals surface area contributed by atoms with E-state index in [-0.39, 0.29) is 29.4 Å². The van der Waals surface area contributed by atoms with E-state index in [0.29, 0.717) is 6.54 Å². The smallest absolute Gasteiger partial charge is 0.317 e. The number of hydrogen-bond acceptors (Lipinski definition) is 4. The van der Waals surface area contributed by atoms with Gasteiger partial charge in [0, 0.05) is 30.2 Å². The fourth-order valence-corrected chi connectivity index (χ4v) is 4.56. The van der Waals surface area contributed by atoms with Crippen molar-refractivity contribution in [2.75, 3.05) is 13.1 Å². The summed E-state index contributed by atoms with van der Waals surface area (Å²) in [6.07, 6.45) is 4.73. The summed E-state index contributed by atoms with van der Waals surface area (Å²) in [5, 5.41) is 9.26.